The molecule has 0 spiro atoms. The average molecular weight is 540 g/mol. The van der Waals surface area contributed by atoms with E-state index in [1.807, 2.05) is 51.1 Å². The maximum Gasteiger partial charge on any atom is 0.257 e. The van der Waals surface area contributed by atoms with Crippen molar-refractivity contribution in [3.63, 3.8) is 0 Å². The van der Waals surface area contributed by atoms with Gasteiger partial charge in [0.05, 0.1) is 36.2 Å². The molecular weight excluding hydrogens is 514 g/mol. The number of rotatable bonds is 9. The number of aromatic nitrogens is 3. The summed E-state index contributed by atoms with van der Waals surface area (Å²) in [5.74, 6) is 0.824. The molecule has 2 N–H and O–H groups in total. The molecule has 0 bridgehead atoms. The number of fused-ring (bicyclic) bond motifs is 1. The van der Waals surface area contributed by atoms with Crippen molar-refractivity contribution in [2.24, 2.45) is 0 Å². The largest absolute Gasteiger partial charge is 0.490 e. The van der Waals surface area contributed by atoms with Crippen LogP contribution in [0, 0.1) is 0 Å². The highest BCUT2D eigenvalue weighted by molar-refractivity contribution is 7.80. The van der Waals surface area contributed by atoms with Crippen LogP contribution in [0.2, 0.25) is 5.02 Å². The number of para-hydroxylation sites is 1. The van der Waals surface area contributed by atoms with Crippen LogP contribution in [-0.4, -0.2) is 45.8 Å². The lowest BCUT2D eigenvalue weighted by Gasteiger charge is -2.17. The topological polar surface area (TPSA) is 99.5 Å². The van der Waals surface area contributed by atoms with Crippen molar-refractivity contribution >= 4 is 51.6 Å². The first kappa shape index (κ1) is 26.2. The Labute approximate surface area is 224 Å². The van der Waals surface area contributed by atoms with Crippen LogP contribution in [0.5, 0.6) is 17.2 Å². The molecule has 0 saturated heterocycles. The summed E-state index contributed by atoms with van der Waals surface area (Å²) in [5, 5.41) is 15.1. The molecule has 0 aliphatic rings. The van der Waals surface area contributed by atoms with Crippen LogP contribution in [-0.2, 0) is 0 Å². The minimum absolute atomic E-state index is 0.0616. The van der Waals surface area contributed by atoms with Crippen LogP contribution in [0.4, 0.5) is 5.69 Å². The van der Waals surface area contributed by atoms with Gasteiger partial charge in [0, 0.05) is 5.56 Å². The molecule has 1 amide bonds. The first-order chi connectivity index (χ1) is 17.9. The van der Waals surface area contributed by atoms with Crippen molar-refractivity contribution in [1.29, 1.82) is 0 Å². The third-order valence-corrected chi connectivity index (χ3v) is 5.62. The van der Waals surface area contributed by atoms with E-state index in [0.717, 1.165) is 5.69 Å². The second-order valence-corrected chi connectivity index (χ2v) is 8.47. The van der Waals surface area contributed by atoms with E-state index in [1.165, 1.54) is 4.80 Å². The number of anilines is 1. The SMILES string of the molecule is CCOc1cc(C(=O)NC(=S)Nc2cc3nn(-c4ccccc4)nc3cc2Cl)cc(OCC)c1OCC. The molecule has 4 aromatic rings. The standard InChI is InChI=1S/C26H26ClN5O4S/c1-4-34-22-12-16(13-23(35-5-2)24(22)36-6-3)25(33)29-26(37)28-19-15-21-20(14-18(19)27)30-32(31-21)17-10-8-7-9-11-17/h7-15H,4-6H2,1-3H3,(H2,28,29,33,37). The number of benzene rings is 3. The van der Waals surface area contributed by atoms with Crippen molar-refractivity contribution in [3.8, 4) is 22.9 Å². The van der Waals surface area contributed by atoms with Crippen molar-refractivity contribution < 1.29 is 19.0 Å². The van der Waals surface area contributed by atoms with Gasteiger partial charge in [-0.2, -0.15) is 4.80 Å². The Hall–Kier alpha value is -3.89. The Morgan fingerprint density at radius 1 is 0.919 bits per heavy atom. The van der Waals surface area contributed by atoms with Crippen molar-refractivity contribution in [3.05, 3.63) is 65.2 Å². The second kappa shape index (κ2) is 11.9. The predicted octanol–water partition coefficient (Wildman–Crippen LogP) is 5.40. The maximum absolute atomic E-state index is 13.0. The van der Waals surface area contributed by atoms with E-state index in [9.17, 15) is 4.79 Å². The van der Waals surface area contributed by atoms with E-state index in [2.05, 4.69) is 20.8 Å². The van der Waals surface area contributed by atoms with E-state index >= 15 is 0 Å². The van der Waals surface area contributed by atoms with E-state index in [4.69, 9.17) is 38.0 Å². The lowest BCUT2D eigenvalue weighted by Crippen LogP contribution is -2.34. The van der Waals surface area contributed by atoms with Gasteiger partial charge >= 0.3 is 0 Å². The lowest BCUT2D eigenvalue weighted by molar-refractivity contribution is 0.0976. The highest BCUT2D eigenvalue weighted by Crippen LogP contribution is 2.39. The molecule has 0 aliphatic carbocycles. The summed E-state index contributed by atoms with van der Waals surface area (Å²) >= 11 is 11.8. The molecule has 0 aliphatic heterocycles. The fraction of sp³-hybridized carbons (Fsp3) is 0.231. The summed E-state index contributed by atoms with van der Waals surface area (Å²) in [6.45, 7) is 6.77. The molecule has 37 heavy (non-hydrogen) atoms. The summed E-state index contributed by atoms with van der Waals surface area (Å²) in [7, 11) is 0. The summed E-state index contributed by atoms with van der Waals surface area (Å²) in [6.07, 6.45) is 0. The molecule has 4 rings (SSSR count). The minimum Gasteiger partial charge on any atom is -0.490 e. The van der Waals surface area contributed by atoms with Gasteiger partial charge in [0.2, 0.25) is 5.75 Å². The number of carbonyl (C=O) groups is 1. The number of nitrogens with one attached hydrogen (secondary N) is 2. The maximum atomic E-state index is 13.0. The van der Waals surface area contributed by atoms with E-state index < -0.39 is 5.91 Å². The fourth-order valence-electron chi connectivity index (χ4n) is 3.56. The van der Waals surface area contributed by atoms with Crippen LogP contribution in [0.15, 0.2) is 54.6 Å². The summed E-state index contributed by atoms with van der Waals surface area (Å²) in [6, 6.07) is 16.1. The molecule has 0 atom stereocenters. The highest BCUT2D eigenvalue weighted by atomic mass is 35.5. The number of ether oxygens (including phenoxy) is 3. The molecule has 3 aromatic carbocycles. The normalized spacial score (nSPS) is 10.7. The van der Waals surface area contributed by atoms with Crippen LogP contribution in [0.1, 0.15) is 31.1 Å². The number of halogens is 1. The van der Waals surface area contributed by atoms with Crippen molar-refractivity contribution in [2.75, 3.05) is 25.1 Å². The van der Waals surface area contributed by atoms with Gasteiger partial charge in [-0.1, -0.05) is 29.8 Å². The predicted molar refractivity (Wildman–Crippen MR) is 148 cm³/mol. The molecule has 9 nitrogen and oxygen atoms in total. The van der Waals surface area contributed by atoms with Crippen LogP contribution < -0.4 is 24.8 Å². The Kier molecular flexibility index (Phi) is 8.42. The lowest BCUT2D eigenvalue weighted by atomic mass is 10.1. The third kappa shape index (κ3) is 6.10. The summed E-state index contributed by atoms with van der Waals surface area (Å²) in [4.78, 5) is 14.6. The van der Waals surface area contributed by atoms with Gasteiger partial charge in [0.1, 0.15) is 11.0 Å². The van der Waals surface area contributed by atoms with Crippen molar-refractivity contribution in [1.82, 2.24) is 20.3 Å². The fourth-order valence-corrected chi connectivity index (χ4v) is 3.97. The van der Waals surface area contributed by atoms with Crippen LogP contribution >= 0.6 is 23.8 Å². The van der Waals surface area contributed by atoms with Gasteiger partial charge in [-0.3, -0.25) is 10.1 Å². The average Bonchev–Trinajstić information content (AvgIpc) is 3.29. The van der Waals surface area contributed by atoms with Gasteiger partial charge < -0.3 is 19.5 Å². The molecule has 0 radical (unpaired) electrons. The van der Waals surface area contributed by atoms with Crippen molar-refractivity contribution in [2.45, 2.75) is 20.8 Å². The number of hydrogen-bond acceptors (Lipinski definition) is 7. The quantitative estimate of drug-likeness (QED) is 0.273. The molecule has 192 valence electrons. The number of amides is 1. The monoisotopic (exact) mass is 539 g/mol. The van der Waals surface area contributed by atoms with E-state index in [-0.39, 0.29) is 5.11 Å². The molecule has 11 heteroatoms. The highest BCUT2D eigenvalue weighted by Gasteiger charge is 2.19. The second-order valence-electron chi connectivity index (χ2n) is 7.65. The van der Waals surface area contributed by atoms with Gasteiger partial charge in [-0.15, -0.1) is 10.2 Å². The van der Waals surface area contributed by atoms with Gasteiger partial charge in [-0.05, 0) is 69.4 Å². The number of hydrogen-bond donors (Lipinski definition) is 2. The van der Waals surface area contributed by atoms with Crippen LogP contribution in [0.25, 0.3) is 16.7 Å². The summed E-state index contributed by atoms with van der Waals surface area (Å²) < 4.78 is 17.1. The van der Waals surface area contributed by atoms with E-state index in [1.54, 1.807) is 24.3 Å². The third-order valence-electron chi connectivity index (χ3n) is 5.10. The van der Waals surface area contributed by atoms with Gasteiger partial charge in [0.25, 0.3) is 5.91 Å². The zero-order chi connectivity index (χ0) is 26.4. The minimum atomic E-state index is -0.449. The molecule has 1 aromatic heterocycles. The first-order valence-electron chi connectivity index (χ1n) is 11.7. The zero-order valence-corrected chi connectivity index (χ0v) is 22.2. The Bertz CT molecular complexity index is 1400. The number of nitrogens with zero attached hydrogens (tertiary/aromatic N) is 3. The molecule has 0 unspecified atom stereocenters. The number of carbonyl (C=O) groups excluding carboxylic acids is 1. The van der Waals surface area contributed by atoms with E-state index in [0.29, 0.717) is 64.4 Å². The van der Waals surface area contributed by atoms with Gasteiger partial charge in [-0.25, -0.2) is 0 Å². The molecule has 1 heterocycles. The zero-order valence-electron chi connectivity index (χ0n) is 20.6. The van der Waals surface area contributed by atoms with Gasteiger partial charge in [0.15, 0.2) is 16.6 Å². The molecular formula is C26H26ClN5O4S. The molecule has 0 saturated carbocycles. The number of thiocarbonyl (C=S) groups is 1. The smallest absolute Gasteiger partial charge is 0.257 e. The van der Waals surface area contributed by atoms with Crippen LogP contribution in [0.3, 0.4) is 0 Å². The Balaban J connectivity index is 1.53. The first-order valence-corrected chi connectivity index (χ1v) is 12.5. The molecule has 0 fully saturated rings. The summed E-state index contributed by atoms with van der Waals surface area (Å²) in [5.41, 5.74) is 2.83. The Morgan fingerprint density at radius 2 is 1.51 bits per heavy atom. The Morgan fingerprint density at radius 3 is 2.11 bits per heavy atom.